The van der Waals surface area contributed by atoms with Crippen molar-refractivity contribution in [2.75, 3.05) is 32.6 Å². The monoisotopic (exact) mass is 447 g/mol. The number of aromatic nitrogens is 2. The van der Waals surface area contributed by atoms with E-state index < -0.39 is 0 Å². The Morgan fingerprint density at radius 3 is 2.75 bits per heavy atom. The van der Waals surface area contributed by atoms with Gasteiger partial charge in [0, 0.05) is 23.2 Å². The van der Waals surface area contributed by atoms with Crippen molar-refractivity contribution in [3.8, 4) is 22.8 Å². The van der Waals surface area contributed by atoms with E-state index in [9.17, 15) is 4.79 Å². The lowest BCUT2D eigenvalue weighted by atomic mass is 10.1. The molecule has 0 spiro atoms. The van der Waals surface area contributed by atoms with Gasteiger partial charge in [0.1, 0.15) is 17.2 Å². The van der Waals surface area contributed by atoms with E-state index in [1.54, 1.807) is 38.1 Å². The molecule has 0 radical (unpaired) electrons. The van der Waals surface area contributed by atoms with Crippen LogP contribution in [-0.4, -0.2) is 53.5 Å². The van der Waals surface area contributed by atoms with Gasteiger partial charge in [-0.2, -0.15) is 5.10 Å². The largest absolute Gasteiger partial charge is 0.497 e. The highest BCUT2D eigenvalue weighted by Gasteiger charge is 2.27. The summed E-state index contributed by atoms with van der Waals surface area (Å²) in [7, 11) is 3.19. The van der Waals surface area contributed by atoms with Gasteiger partial charge in [0.2, 0.25) is 0 Å². The molecule has 0 bridgehead atoms. The van der Waals surface area contributed by atoms with Gasteiger partial charge in [0.05, 0.1) is 32.2 Å². The van der Waals surface area contributed by atoms with Gasteiger partial charge >= 0.3 is 0 Å². The minimum absolute atomic E-state index is 0.275. The number of hydrogen-bond donors (Lipinski definition) is 2. The van der Waals surface area contributed by atoms with Crippen LogP contribution in [0.4, 0.5) is 5.69 Å². The summed E-state index contributed by atoms with van der Waals surface area (Å²) < 4.78 is 10.7. The zero-order chi connectivity index (χ0) is 22.1. The van der Waals surface area contributed by atoms with E-state index in [2.05, 4.69) is 30.8 Å². The summed E-state index contributed by atoms with van der Waals surface area (Å²) in [6.45, 7) is 1.74. The Morgan fingerprint density at radius 2 is 1.97 bits per heavy atom. The van der Waals surface area contributed by atoms with E-state index in [0.29, 0.717) is 28.6 Å². The number of benzene rings is 2. The molecule has 8 nitrogen and oxygen atoms in total. The van der Waals surface area contributed by atoms with Crippen molar-refractivity contribution in [3.63, 3.8) is 0 Å². The highest BCUT2D eigenvalue weighted by Crippen LogP contribution is 2.36. The zero-order valence-corrected chi connectivity index (χ0v) is 18.4. The molecule has 1 amide bonds. The van der Waals surface area contributed by atoms with E-state index in [4.69, 9.17) is 9.47 Å². The Balaban J connectivity index is 1.30. The number of hydrogen-bond acceptors (Lipinski definition) is 7. The first kappa shape index (κ1) is 20.2. The van der Waals surface area contributed by atoms with Crippen molar-refractivity contribution in [1.82, 2.24) is 15.1 Å². The number of aliphatic imine (C=N–C) groups is 1. The molecule has 2 aliphatic rings. The summed E-state index contributed by atoms with van der Waals surface area (Å²) in [6, 6.07) is 14.9. The average Bonchev–Trinajstić information content (AvgIpc) is 3.56. The lowest BCUT2D eigenvalue weighted by Gasteiger charge is -2.16. The van der Waals surface area contributed by atoms with Gasteiger partial charge in [-0.1, -0.05) is 23.9 Å². The molecule has 0 atom stereocenters. The Kier molecular flexibility index (Phi) is 5.32. The summed E-state index contributed by atoms with van der Waals surface area (Å²) in [4.78, 5) is 19.5. The second kappa shape index (κ2) is 8.43. The number of fused-ring (bicyclic) bond motifs is 1. The molecule has 162 valence electrons. The maximum atomic E-state index is 12.8. The molecule has 5 rings (SSSR count). The van der Waals surface area contributed by atoms with Crippen LogP contribution in [0.2, 0.25) is 0 Å². The van der Waals surface area contributed by atoms with Gasteiger partial charge in [-0.15, -0.1) is 0 Å². The second-order valence-corrected chi connectivity index (χ2v) is 8.04. The van der Waals surface area contributed by atoms with Gasteiger partial charge in [-0.25, -0.2) is 0 Å². The third-order valence-electron chi connectivity index (χ3n) is 5.31. The van der Waals surface area contributed by atoms with Crippen molar-refractivity contribution in [2.24, 2.45) is 4.99 Å². The standard InChI is InChI=1S/C23H21N5O3S/c1-30-16-7-8-21(31-2)17(11-16)18-12-19(27-26-18)22(29)25-15-5-3-14(4-6-15)20-13-32-23-24-9-10-28(20)23/h3-8,11-13H,9-10H2,1-2H3,(H,25,29)(H,26,27). The number of H-pyrrole nitrogens is 1. The van der Waals surface area contributed by atoms with Crippen LogP contribution in [0.25, 0.3) is 17.0 Å². The van der Waals surface area contributed by atoms with Gasteiger partial charge in [-0.05, 0) is 42.0 Å². The number of amidine groups is 1. The quantitative estimate of drug-likeness (QED) is 0.592. The number of thioether (sulfide) groups is 1. The Morgan fingerprint density at radius 1 is 1.12 bits per heavy atom. The summed E-state index contributed by atoms with van der Waals surface area (Å²) in [5, 5.41) is 13.2. The van der Waals surface area contributed by atoms with Crippen LogP contribution in [0.3, 0.4) is 0 Å². The van der Waals surface area contributed by atoms with Gasteiger partial charge < -0.3 is 19.7 Å². The summed E-state index contributed by atoms with van der Waals surface area (Å²) >= 11 is 1.65. The normalized spacial score (nSPS) is 14.6. The molecule has 2 aromatic carbocycles. The fourth-order valence-corrected chi connectivity index (χ4v) is 4.62. The lowest BCUT2D eigenvalue weighted by molar-refractivity contribution is 0.102. The predicted octanol–water partition coefficient (Wildman–Crippen LogP) is 4.06. The molecule has 0 saturated heterocycles. The van der Waals surface area contributed by atoms with Crippen LogP contribution in [0, 0.1) is 0 Å². The number of carbonyl (C=O) groups excluding carboxylic acids is 1. The van der Waals surface area contributed by atoms with Gasteiger partial charge in [-0.3, -0.25) is 14.9 Å². The van der Waals surface area contributed by atoms with E-state index in [1.807, 2.05) is 36.4 Å². The highest BCUT2D eigenvalue weighted by molar-refractivity contribution is 8.16. The molecule has 1 aromatic heterocycles. The predicted molar refractivity (Wildman–Crippen MR) is 126 cm³/mol. The second-order valence-electron chi connectivity index (χ2n) is 7.20. The maximum absolute atomic E-state index is 12.8. The summed E-state index contributed by atoms with van der Waals surface area (Å²) in [5.41, 5.74) is 4.62. The third-order valence-corrected chi connectivity index (χ3v) is 6.21. The average molecular weight is 448 g/mol. The number of ether oxygens (including phenoxy) is 2. The van der Waals surface area contributed by atoms with E-state index in [0.717, 1.165) is 35.1 Å². The van der Waals surface area contributed by atoms with Gasteiger partial charge in [0.25, 0.3) is 5.91 Å². The van der Waals surface area contributed by atoms with E-state index >= 15 is 0 Å². The number of aromatic amines is 1. The molecule has 0 saturated carbocycles. The summed E-state index contributed by atoms with van der Waals surface area (Å²) in [5.74, 6) is 1.05. The van der Waals surface area contributed by atoms with Crippen LogP contribution >= 0.6 is 11.8 Å². The van der Waals surface area contributed by atoms with E-state index in [-0.39, 0.29) is 5.91 Å². The van der Waals surface area contributed by atoms with Gasteiger partial charge in [0.15, 0.2) is 5.17 Å². The smallest absolute Gasteiger partial charge is 0.273 e. The fraction of sp³-hybridized carbons (Fsp3) is 0.174. The van der Waals surface area contributed by atoms with Crippen molar-refractivity contribution in [2.45, 2.75) is 0 Å². The number of rotatable bonds is 6. The minimum atomic E-state index is -0.275. The lowest BCUT2D eigenvalue weighted by Crippen LogP contribution is -2.19. The SMILES string of the molecule is COc1ccc(OC)c(-c2cc(C(=O)Nc3ccc(C4=CSC5=NCCN45)cc3)[nH]n2)c1. The molecule has 0 aliphatic carbocycles. The first-order valence-corrected chi connectivity index (χ1v) is 10.9. The molecular formula is C23H21N5O3S. The van der Waals surface area contributed by atoms with Crippen molar-refractivity contribution >= 4 is 34.2 Å². The fourth-order valence-electron chi connectivity index (χ4n) is 3.66. The van der Waals surface area contributed by atoms with Crippen molar-refractivity contribution in [3.05, 3.63) is 65.2 Å². The number of nitrogens with zero attached hydrogens (tertiary/aromatic N) is 3. The van der Waals surface area contributed by atoms with Crippen LogP contribution < -0.4 is 14.8 Å². The Hall–Kier alpha value is -3.72. The molecule has 2 N–H and O–H groups in total. The third kappa shape index (κ3) is 3.71. The molecule has 2 aliphatic heterocycles. The molecule has 3 heterocycles. The minimum Gasteiger partial charge on any atom is -0.497 e. The number of anilines is 1. The Bertz CT molecular complexity index is 1230. The number of nitrogens with one attached hydrogen (secondary N) is 2. The molecular weight excluding hydrogens is 426 g/mol. The number of methoxy groups -OCH3 is 2. The van der Waals surface area contributed by atoms with Crippen molar-refractivity contribution in [1.29, 1.82) is 0 Å². The molecule has 3 aromatic rings. The van der Waals surface area contributed by atoms with Crippen LogP contribution in [-0.2, 0) is 0 Å². The molecule has 32 heavy (non-hydrogen) atoms. The molecule has 0 fully saturated rings. The first-order valence-electron chi connectivity index (χ1n) is 10.0. The van der Waals surface area contributed by atoms with E-state index in [1.165, 1.54) is 0 Å². The topological polar surface area (TPSA) is 91.8 Å². The first-order chi connectivity index (χ1) is 15.7. The van der Waals surface area contributed by atoms with Crippen molar-refractivity contribution < 1.29 is 14.3 Å². The number of carbonyl (C=O) groups is 1. The highest BCUT2D eigenvalue weighted by atomic mass is 32.2. The maximum Gasteiger partial charge on any atom is 0.273 e. The summed E-state index contributed by atoms with van der Waals surface area (Å²) in [6.07, 6.45) is 0. The molecule has 0 unspecified atom stereocenters. The molecule has 9 heteroatoms. The van der Waals surface area contributed by atoms with Crippen LogP contribution in [0.15, 0.2) is 58.9 Å². The zero-order valence-electron chi connectivity index (χ0n) is 17.6. The number of amides is 1. The van der Waals surface area contributed by atoms with Crippen LogP contribution in [0.5, 0.6) is 11.5 Å². The Labute approximate surface area is 189 Å². The van der Waals surface area contributed by atoms with Crippen LogP contribution in [0.1, 0.15) is 16.1 Å².